The molecule has 0 aliphatic carbocycles. The molecule has 6 heteroatoms. The van der Waals surface area contributed by atoms with Crippen LogP contribution in [0.2, 0.25) is 0 Å². The Hall–Kier alpha value is -3.14. The Morgan fingerprint density at radius 2 is 1.61 bits per heavy atom. The number of rotatable bonds is 12. The molecule has 0 fully saturated rings. The average molecular weight is 449 g/mol. The zero-order valence-electron chi connectivity index (χ0n) is 19.3. The van der Waals surface area contributed by atoms with Crippen molar-refractivity contribution < 1.29 is 19.1 Å². The Kier molecular flexibility index (Phi) is 9.96. The average Bonchev–Trinajstić information content (AvgIpc) is 2.82. The Morgan fingerprint density at radius 1 is 0.909 bits per heavy atom. The number of ether oxygens (including phenoxy) is 2. The van der Waals surface area contributed by atoms with Crippen LogP contribution in [0.15, 0.2) is 48.5 Å². The fourth-order valence-electron chi connectivity index (χ4n) is 3.62. The Balaban J connectivity index is 1.46. The topological polar surface area (TPSA) is 67.9 Å². The predicted molar refractivity (Wildman–Crippen MR) is 129 cm³/mol. The van der Waals surface area contributed by atoms with E-state index < -0.39 is 0 Å². The third-order valence-corrected chi connectivity index (χ3v) is 5.36. The lowest BCUT2D eigenvalue weighted by molar-refractivity contribution is -0.122. The molecule has 2 aromatic carbocycles. The summed E-state index contributed by atoms with van der Waals surface area (Å²) >= 11 is 0. The molecule has 0 atom stereocenters. The van der Waals surface area contributed by atoms with Crippen molar-refractivity contribution in [2.45, 2.75) is 39.2 Å². The fraction of sp³-hybridized carbons (Fsp3) is 0.407. The molecule has 1 N–H and O–H groups in total. The molecule has 33 heavy (non-hydrogen) atoms. The van der Waals surface area contributed by atoms with Gasteiger partial charge in [-0.2, -0.15) is 0 Å². The number of unbranched alkanes of at least 4 members (excludes halogenated alkanes) is 1. The first-order valence-electron chi connectivity index (χ1n) is 11.6. The third-order valence-electron chi connectivity index (χ3n) is 5.36. The molecule has 174 valence electrons. The van der Waals surface area contributed by atoms with Crippen molar-refractivity contribution in [3.8, 4) is 11.8 Å². The van der Waals surface area contributed by atoms with Crippen molar-refractivity contribution >= 4 is 17.5 Å². The van der Waals surface area contributed by atoms with Gasteiger partial charge >= 0.3 is 0 Å². The maximum absolute atomic E-state index is 13.1. The first-order valence-corrected chi connectivity index (χ1v) is 11.6. The minimum absolute atomic E-state index is 0.0170. The molecule has 2 aromatic rings. The number of anilines is 1. The van der Waals surface area contributed by atoms with Crippen molar-refractivity contribution in [1.82, 2.24) is 5.32 Å². The number of nitrogens with one attached hydrogen (secondary N) is 1. The summed E-state index contributed by atoms with van der Waals surface area (Å²) in [7, 11) is 0. The highest BCUT2D eigenvalue weighted by Crippen LogP contribution is 2.26. The molecule has 0 radical (unpaired) electrons. The van der Waals surface area contributed by atoms with Gasteiger partial charge in [0.2, 0.25) is 11.8 Å². The summed E-state index contributed by atoms with van der Waals surface area (Å²) in [6.45, 7) is 5.15. The molecule has 0 saturated heterocycles. The number of hydrogen-bond acceptors (Lipinski definition) is 4. The minimum atomic E-state index is -0.0170. The maximum Gasteiger partial charge on any atom is 0.227 e. The van der Waals surface area contributed by atoms with Crippen molar-refractivity contribution in [3.63, 3.8) is 0 Å². The van der Waals surface area contributed by atoms with E-state index in [1.54, 1.807) is 0 Å². The molecular weight excluding hydrogens is 416 g/mol. The van der Waals surface area contributed by atoms with Gasteiger partial charge in [-0.25, -0.2) is 0 Å². The van der Waals surface area contributed by atoms with Crippen molar-refractivity contribution in [2.24, 2.45) is 0 Å². The van der Waals surface area contributed by atoms with Crippen LogP contribution >= 0.6 is 0 Å². The van der Waals surface area contributed by atoms with Gasteiger partial charge in [-0.05, 0) is 43.5 Å². The molecule has 0 spiro atoms. The van der Waals surface area contributed by atoms with Gasteiger partial charge in [-0.15, -0.1) is 0 Å². The summed E-state index contributed by atoms with van der Waals surface area (Å²) in [5.74, 6) is 6.47. The number of fused-ring (bicyclic) bond motifs is 2. The monoisotopic (exact) mass is 448 g/mol. The molecule has 1 aliphatic heterocycles. The lowest BCUT2D eigenvalue weighted by Crippen LogP contribution is -2.31. The van der Waals surface area contributed by atoms with E-state index in [1.165, 1.54) is 0 Å². The molecule has 0 bridgehead atoms. The number of nitrogens with zero attached hydrogens (tertiary/aromatic N) is 1. The molecular formula is C27H32N2O4. The van der Waals surface area contributed by atoms with Crippen LogP contribution in [0.5, 0.6) is 0 Å². The second-order valence-corrected chi connectivity index (χ2v) is 7.77. The first-order chi connectivity index (χ1) is 16.2. The van der Waals surface area contributed by atoms with E-state index >= 15 is 0 Å². The van der Waals surface area contributed by atoms with E-state index in [9.17, 15) is 9.59 Å². The minimum Gasteiger partial charge on any atom is -0.379 e. The van der Waals surface area contributed by atoms with Crippen molar-refractivity contribution in [1.29, 1.82) is 0 Å². The van der Waals surface area contributed by atoms with Gasteiger partial charge < -0.3 is 19.7 Å². The molecule has 1 aliphatic rings. The summed E-state index contributed by atoms with van der Waals surface area (Å²) in [5.41, 5.74) is 3.67. The lowest BCUT2D eigenvalue weighted by atomic mass is 10.0. The van der Waals surface area contributed by atoms with Gasteiger partial charge in [0, 0.05) is 37.1 Å². The van der Waals surface area contributed by atoms with E-state index in [-0.39, 0.29) is 11.8 Å². The maximum atomic E-state index is 13.1. The Labute approximate surface area is 196 Å². The van der Waals surface area contributed by atoms with E-state index in [4.69, 9.17) is 9.47 Å². The first kappa shape index (κ1) is 24.5. The molecule has 1 heterocycles. The van der Waals surface area contributed by atoms with Gasteiger partial charge in [-0.3, -0.25) is 9.59 Å². The van der Waals surface area contributed by atoms with E-state index in [0.29, 0.717) is 65.2 Å². The smallest absolute Gasteiger partial charge is 0.227 e. The van der Waals surface area contributed by atoms with Crippen LogP contribution in [-0.2, 0) is 25.6 Å². The van der Waals surface area contributed by atoms with Crippen LogP contribution in [0.4, 0.5) is 5.69 Å². The van der Waals surface area contributed by atoms with E-state index in [0.717, 1.165) is 22.4 Å². The standard InChI is InChI=1S/C27H32N2O4/c1-2-32-19-20-33-18-17-28-26(30)13-7-8-14-27(31)29-21-24-11-4-3-9-22(24)15-16-23-10-5-6-12-25(23)29/h3-6,9-12H,2,7-8,13-14,17-21H2,1H3,(H,28,30). The molecule has 3 rings (SSSR count). The Bertz CT molecular complexity index is 993. The van der Waals surface area contributed by atoms with Crippen LogP contribution < -0.4 is 10.2 Å². The summed E-state index contributed by atoms with van der Waals surface area (Å²) in [4.78, 5) is 27.0. The van der Waals surface area contributed by atoms with Gasteiger partial charge in [0.15, 0.2) is 0 Å². The molecule has 0 unspecified atom stereocenters. The summed E-state index contributed by atoms with van der Waals surface area (Å²) < 4.78 is 10.6. The number of carbonyl (C=O) groups is 2. The van der Waals surface area contributed by atoms with Gasteiger partial charge in [0.1, 0.15) is 0 Å². The number of amides is 2. The van der Waals surface area contributed by atoms with Crippen LogP contribution in [0.25, 0.3) is 0 Å². The highest BCUT2D eigenvalue weighted by atomic mass is 16.5. The number of para-hydroxylation sites is 1. The predicted octanol–water partition coefficient (Wildman–Crippen LogP) is 3.66. The van der Waals surface area contributed by atoms with E-state index in [2.05, 4.69) is 17.2 Å². The second kappa shape index (κ2) is 13.4. The molecule has 0 saturated carbocycles. The number of carbonyl (C=O) groups excluding carboxylic acids is 2. The van der Waals surface area contributed by atoms with Crippen LogP contribution in [0.3, 0.4) is 0 Å². The quantitative estimate of drug-likeness (QED) is 0.398. The number of benzene rings is 2. The fourth-order valence-corrected chi connectivity index (χ4v) is 3.62. The Morgan fingerprint density at radius 3 is 2.45 bits per heavy atom. The van der Waals surface area contributed by atoms with Crippen LogP contribution in [-0.4, -0.2) is 44.8 Å². The van der Waals surface area contributed by atoms with Crippen molar-refractivity contribution in [2.75, 3.05) is 37.9 Å². The summed E-state index contributed by atoms with van der Waals surface area (Å²) in [6.07, 6.45) is 2.10. The third kappa shape index (κ3) is 7.74. The van der Waals surface area contributed by atoms with Crippen LogP contribution in [0, 0.1) is 11.8 Å². The zero-order valence-corrected chi connectivity index (χ0v) is 19.3. The SMILES string of the molecule is CCOCCOCCNC(=O)CCCCC(=O)N1Cc2ccccc2C#Cc2ccccc21. The second-order valence-electron chi connectivity index (χ2n) is 7.77. The van der Waals surface area contributed by atoms with Crippen molar-refractivity contribution in [3.05, 3.63) is 65.2 Å². The highest BCUT2D eigenvalue weighted by Gasteiger charge is 2.20. The van der Waals surface area contributed by atoms with Crippen LogP contribution in [0.1, 0.15) is 49.3 Å². The normalized spacial score (nSPS) is 12.0. The highest BCUT2D eigenvalue weighted by molar-refractivity contribution is 5.95. The van der Waals surface area contributed by atoms with E-state index in [1.807, 2.05) is 60.4 Å². The van der Waals surface area contributed by atoms with Gasteiger partial charge in [-0.1, -0.05) is 42.2 Å². The largest absolute Gasteiger partial charge is 0.379 e. The lowest BCUT2D eigenvalue weighted by Gasteiger charge is -2.26. The van der Waals surface area contributed by atoms with Gasteiger partial charge in [0.25, 0.3) is 0 Å². The van der Waals surface area contributed by atoms with Gasteiger partial charge in [0.05, 0.1) is 32.1 Å². The summed E-state index contributed by atoms with van der Waals surface area (Å²) in [5, 5.41) is 2.85. The number of hydrogen-bond donors (Lipinski definition) is 1. The molecule has 0 aromatic heterocycles. The summed E-state index contributed by atoms with van der Waals surface area (Å²) in [6, 6.07) is 15.7. The molecule has 6 nitrogen and oxygen atoms in total. The molecule has 2 amide bonds. The zero-order chi connectivity index (χ0) is 23.3.